The van der Waals surface area contributed by atoms with Crippen molar-refractivity contribution in [2.24, 2.45) is 0 Å². The largest absolute Gasteiger partial charge is 0.489 e. The smallest absolute Gasteiger partial charge is 0.338 e. The minimum absolute atomic E-state index is 0.113. The molecule has 5 heteroatoms. The lowest BCUT2D eigenvalue weighted by Crippen LogP contribution is -2.09. The van der Waals surface area contributed by atoms with Crippen molar-refractivity contribution in [1.29, 1.82) is 0 Å². The number of carbonyl (C=O) groups is 1. The number of carboxylic acid groups (broad SMARTS) is 1. The van der Waals surface area contributed by atoms with Crippen LogP contribution in [0.25, 0.3) is 0 Å². The average Bonchev–Trinajstić information content (AvgIpc) is 2.09. The summed E-state index contributed by atoms with van der Waals surface area (Å²) in [5, 5.41) is 8.63. The SMILES string of the molecule is CC(C)Oc1cc(F)c(C(=O)O)cc1N. The second kappa shape index (κ2) is 4.16. The predicted molar refractivity (Wildman–Crippen MR) is 53.5 cm³/mol. The number of rotatable bonds is 3. The van der Waals surface area contributed by atoms with Gasteiger partial charge in [0.25, 0.3) is 0 Å². The first-order chi connectivity index (χ1) is 6.91. The highest BCUT2D eigenvalue weighted by atomic mass is 19.1. The third kappa shape index (κ3) is 2.59. The van der Waals surface area contributed by atoms with Crippen LogP contribution in [0, 0.1) is 5.82 Å². The fraction of sp³-hybridized carbons (Fsp3) is 0.300. The molecule has 0 heterocycles. The molecule has 0 spiro atoms. The lowest BCUT2D eigenvalue weighted by Gasteiger charge is -2.12. The Kier molecular flexibility index (Phi) is 3.14. The highest BCUT2D eigenvalue weighted by molar-refractivity contribution is 5.89. The topological polar surface area (TPSA) is 72.5 Å². The number of hydrogen-bond acceptors (Lipinski definition) is 3. The molecule has 0 aliphatic carbocycles. The quantitative estimate of drug-likeness (QED) is 0.752. The molecule has 0 aromatic heterocycles. The standard InChI is InChI=1S/C10H12FNO3/c1-5(2)15-9-4-7(11)6(10(13)14)3-8(9)12/h3-5H,12H2,1-2H3,(H,13,14). The molecule has 0 fully saturated rings. The number of ether oxygens (including phenoxy) is 1. The maximum absolute atomic E-state index is 13.2. The van der Waals surface area contributed by atoms with Crippen LogP contribution in [0.1, 0.15) is 24.2 Å². The van der Waals surface area contributed by atoms with Crippen LogP contribution in [0.15, 0.2) is 12.1 Å². The van der Waals surface area contributed by atoms with Gasteiger partial charge in [0.15, 0.2) is 0 Å². The molecule has 0 bridgehead atoms. The van der Waals surface area contributed by atoms with Gasteiger partial charge in [0.05, 0.1) is 17.4 Å². The van der Waals surface area contributed by atoms with Crippen LogP contribution in [-0.2, 0) is 0 Å². The van der Waals surface area contributed by atoms with Gasteiger partial charge in [-0.1, -0.05) is 0 Å². The van der Waals surface area contributed by atoms with E-state index >= 15 is 0 Å². The molecule has 1 aromatic rings. The van der Waals surface area contributed by atoms with E-state index in [0.717, 1.165) is 12.1 Å². The summed E-state index contributed by atoms with van der Waals surface area (Å²) in [6.45, 7) is 3.53. The number of anilines is 1. The van der Waals surface area contributed by atoms with Crippen molar-refractivity contribution in [2.75, 3.05) is 5.73 Å². The number of aromatic carboxylic acids is 1. The van der Waals surface area contributed by atoms with E-state index in [9.17, 15) is 9.18 Å². The molecule has 0 unspecified atom stereocenters. The molecule has 4 nitrogen and oxygen atoms in total. The highest BCUT2D eigenvalue weighted by Gasteiger charge is 2.14. The summed E-state index contributed by atoms with van der Waals surface area (Å²) < 4.78 is 18.4. The molecule has 0 atom stereocenters. The van der Waals surface area contributed by atoms with E-state index in [1.807, 2.05) is 0 Å². The van der Waals surface area contributed by atoms with E-state index in [1.165, 1.54) is 0 Å². The fourth-order valence-electron chi connectivity index (χ4n) is 1.09. The second-order valence-electron chi connectivity index (χ2n) is 3.34. The number of nitrogens with two attached hydrogens (primary N) is 1. The Morgan fingerprint density at radius 2 is 2.13 bits per heavy atom. The molecular formula is C10H12FNO3. The van der Waals surface area contributed by atoms with Gasteiger partial charge in [-0.25, -0.2) is 9.18 Å². The van der Waals surface area contributed by atoms with Crippen molar-refractivity contribution < 1.29 is 19.0 Å². The van der Waals surface area contributed by atoms with Crippen LogP contribution < -0.4 is 10.5 Å². The van der Waals surface area contributed by atoms with Crippen molar-refractivity contribution >= 4 is 11.7 Å². The normalized spacial score (nSPS) is 10.4. The Morgan fingerprint density at radius 1 is 1.53 bits per heavy atom. The maximum atomic E-state index is 13.2. The van der Waals surface area contributed by atoms with Gasteiger partial charge in [0.2, 0.25) is 0 Å². The number of nitrogen functional groups attached to an aromatic ring is 1. The third-order valence-corrected chi connectivity index (χ3v) is 1.69. The summed E-state index contributed by atoms with van der Waals surface area (Å²) >= 11 is 0. The van der Waals surface area contributed by atoms with E-state index in [1.54, 1.807) is 13.8 Å². The molecule has 3 N–H and O–H groups in total. The van der Waals surface area contributed by atoms with Gasteiger partial charge in [-0.2, -0.15) is 0 Å². The zero-order chi connectivity index (χ0) is 11.6. The highest BCUT2D eigenvalue weighted by Crippen LogP contribution is 2.26. The van der Waals surface area contributed by atoms with Gasteiger partial charge < -0.3 is 15.6 Å². The summed E-state index contributed by atoms with van der Waals surface area (Å²) in [4.78, 5) is 10.6. The summed E-state index contributed by atoms with van der Waals surface area (Å²) in [5.41, 5.74) is 5.18. The first-order valence-corrected chi connectivity index (χ1v) is 4.40. The number of carboxylic acids is 1. The molecule has 0 radical (unpaired) electrons. The van der Waals surface area contributed by atoms with E-state index in [4.69, 9.17) is 15.6 Å². The molecule has 0 saturated carbocycles. The van der Waals surface area contributed by atoms with Gasteiger partial charge >= 0.3 is 5.97 Å². The third-order valence-electron chi connectivity index (χ3n) is 1.69. The van der Waals surface area contributed by atoms with E-state index in [0.29, 0.717) is 0 Å². The molecule has 0 amide bonds. The van der Waals surface area contributed by atoms with Crippen LogP contribution in [0.3, 0.4) is 0 Å². The summed E-state index contributed by atoms with van der Waals surface area (Å²) in [6.07, 6.45) is -0.151. The van der Waals surface area contributed by atoms with Crippen LogP contribution in [0.5, 0.6) is 5.75 Å². The monoisotopic (exact) mass is 213 g/mol. The van der Waals surface area contributed by atoms with Crippen LogP contribution in [0.2, 0.25) is 0 Å². The van der Waals surface area contributed by atoms with Gasteiger partial charge in [-0.15, -0.1) is 0 Å². The van der Waals surface area contributed by atoms with Crippen LogP contribution in [-0.4, -0.2) is 17.2 Å². The lowest BCUT2D eigenvalue weighted by molar-refractivity contribution is 0.0692. The molecule has 0 aliphatic rings. The zero-order valence-electron chi connectivity index (χ0n) is 8.45. The maximum Gasteiger partial charge on any atom is 0.338 e. The summed E-state index contributed by atoms with van der Waals surface area (Å²) in [5.74, 6) is -2.05. The second-order valence-corrected chi connectivity index (χ2v) is 3.34. The van der Waals surface area contributed by atoms with Crippen molar-refractivity contribution in [3.63, 3.8) is 0 Å². The Bertz CT molecular complexity index is 390. The van der Waals surface area contributed by atoms with E-state index in [-0.39, 0.29) is 17.5 Å². The van der Waals surface area contributed by atoms with Crippen LogP contribution in [0.4, 0.5) is 10.1 Å². The predicted octanol–water partition coefficient (Wildman–Crippen LogP) is 1.89. The van der Waals surface area contributed by atoms with Crippen molar-refractivity contribution in [3.05, 3.63) is 23.5 Å². The van der Waals surface area contributed by atoms with E-state index in [2.05, 4.69) is 0 Å². The fourth-order valence-corrected chi connectivity index (χ4v) is 1.09. The van der Waals surface area contributed by atoms with Crippen molar-refractivity contribution in [3.8, 4) is 5.75 Å². The molecule has 0 saturated heterocycles. The molecular weight excluding hydrogens is 201 g/mol. The van der Waals surface area contributed by atoms with Gasteiger partial charge in [0, 0.05) is 6.07 Å². The average molecular weight is 213 g/mol. The molecule has 1 rings (SSSR count). The number of hydrogen-bond donors (Lipinski definition) is 2. The van der Waals surface area contributed by atoms with Crippen molar-refractivity contribution in [1.82, 2.24) is 0 Å². The van der Waals surface area contributed by atoms with Gasteiger partial charge in [-0.05, 0) is 19.9 Å². The zero-order valence-corrected chi connectivity index (χ0v) is 8.45. The van der Waals surface area contributed by atoms with Crippen molar-refractivity contribution in [2.45, 2.75) is 20.0 Å². The van der Waals surface area contributed by atoms with Gasteiger partial charge in [0.1, 0.15) is 11.6 Å². The first kappa shape index (κ1) is 11.3. The Hall–Kier alpha value is -1.78. The number of benzene rings is 1. The summed E-state index contributed by atoms with van der Waals surface area (Å²) in [6, 6.07) is 2.04. The molecule has 1 aromatic carbocycles. The summed E-state index contributed by atoms with van der Waals surface area (Å²) in [7, 11) is 0. The Morgan fingerprint density at radius 3 is 2.60 bits per heavy atom. The minimum atomic E-state index is -1.35. The van der Waals surface area contributed by atoms with Gasteiger partial charge in [-0.3, -0.25) is 0 Å². The molecule has 82 valence electrons. The first-order valence-electron chi connectivity index (χ1n) is 4.40. The minimum Gasteiger partial charge on any atom is -0.489 e. The Balaban J connectivity index is 3.13. The molecule has 15 heavy (non-hydrogen) atoms. The lowest BCUT2D eigenvalue weighted by atomic mass is 10.1. The Labute approximate surface area is 86.5 Å². The molecule has 0 aliphatic heterocycles. The number of halogens is 1. The van der Waals surface area contributed by atoms with Crippen LogP contribution >= 0.6 is 0 Å². The van der Waals surface area contributed by atoms with E-state index < -0.39 is 17.3 Å².